The van der Waals surface area contributed by atoms with E-state index in [-0.39, 0.29) is 10.8 Å². The van der Waals surface area contributed by atoms with Crippen LogP contribution in [0, 0.1) is 6.92 Å². The molecule has 0 aliphatic carbocycles. The van der Waals surface area contributed by atoms with E-state index in [9.17, 15) is 13.2 Å². The Kier molecular flexibility index (Phi) is 5.53. The number of amides is 1. The standard InChI is InChI=1S/C19H21ClN2O3S/c1-14-12-16(20)8-9-18(14)21-26(24,25)17-7-5-6-15(13-17)19(23)22-10-3-2-4-11-22/h5-9,12-13,21H,2-4,10-11H2,1H3. The molecule has 1 amide bonds. The van der Waals surface area contributed by atoms with Gasteiger partial charge in [0.1, 0.15) is 0 Å². The number of hydrogen-bond acceptors (Lipinski definition) is 3. The molecule has 138 valence electrons. The zero-order valence-electron chi connectivity index (χ0n) is 14.5. The molecular formula is C19H21ClN2O3S. The third kappa shape index (κ3) is 4.19. The lowest BCUT2D eigenvalue weighted by Crippen LogP contribution is -2.35. The minimum absolute atomic E-state index is 0.0645. The zero-order valence-corrected chi connectivity index (χ0v) is 16.1. The first-order valence-corrected chi connectivity index (χ1v) is 10.4. The van der Waals surface area contributed by atoms with E-state index in [4.69, 9.17) is 11.6 Å². The maximum Gasteiger partial charge on any atom is 0.261 e. The number of likely N-dealkylation sites (tertiary alicyclic amines) is 1. The van der Waals surface area contributed by atoms with E-state index in [1.807, 2.05) is 0 Å². The normalized spacial score (nSPS) is 14.9. The molecule has 3 rings (SSSR count). The Morgan fingerprint density at radius 1 is 1.08 bits per heavy atom. The summed E-state index contributed by atoms with van der Waals surface area (Å²) < 4.78 is 28.0. The summed E-state index contributed by atoms with van der Waals surface area (Å²) in [5.74, 6) is -0.121. The van der Waals surface area contributed by atoms with Crippen molar-refractivity contribution in [3.63, 3.8) is 0 Å². The fraction of sp³-hybridized carbons (Fsp3) is 0.316. The molecule has 1 heterocycles. The van der Waals surface area contributed by atoms with E-state index < -0.39 is 10.0 Å². The Balaban J connectivity index is 1.85. The van der Waals surface area contributed by atoms with Crippen LogP contribution in [0.25, 0.3) is 0 Å². The van der Waals surface area contributed by atoms with Gasteiger partial charge in [-0.25, -0.2) is 8.42 Å². The molecule has 7 heteroatoms. The van der Waals surface area contributed by atoms with Gasteiger partial charge in [0.25, 0.3) is 15.9 Å². The number of halogens is 1. The molecule has 1 saturated heterocycles. The molecule has 1 fully saturated rings. The number of benzene rings is 2. The third-order valence-corrected chi connectivity index (χ3v) is 6.07. The fourth-order valence-electron chi connectivity index (χ4n) is 3.02. The van der Waals surface area contributed by atoms with E-state index >= 15 is 0 Å². The number of carbonyl (C=O) groups excluding carboxylic acids is 1. The molecular weight excluding hydrogens is 372 g/mol. The smallest absolute Gasteiger partial charge is 0.261 e. The summed E-state index contributed by atoms with van der Waals surface area (Å²) in [5.41, 5.74) is 1.58. The first kappa shape index (κ1) is 18.7. The highest BCUT2D eigenvalue weighted by Gasteiger charge is 2.21. The Morgan fingerprint density at radius 2 is 1.81 bits per heavy atom. The first-order chi connectivity index (χ1) is 12.4. The molecule has 26 heavy (non-hydrogen) atoms. The summed E-state index contributed by atoms with van der Waals surface area (Å²) in [4.78, 5) is 14.5. The molecule has 0 atom stereocenters. The number of sulfonamides is 1. The van der Waals surface area contributed by atoms with Crippen LogP contribution in [0.5, 0.6) is 0 Å². The van der Waals surface area contributed by atoms with Crippen LogP contribution >= 0.6 is 11.6 Å². The van der Waals surface area contributed by atoms with Crippen molar-refractivity contribution in [2.45, 2.75) is 31.1 Å². The summed E-state index contributed by atoms with van der Waals surface area (Å²) in [5, 5.41) is 0.541. The largest absolute Gasteiger partial charge is 0.339 e. The third-order valence-electron chi connectivity index (χ3n) is 4.47. The quantitative estimate of drug-likeness (QED) is 0.852. The van der Waals surface area contributed by atoms with E-state index in [0.29, 0.717) is 16.3 Å². The van der Waals surface area contributed by atoms with Crippen LogP contribution in [-0.2, 0) is 10.0 Å². The van der Waals surface area contributed by atoms with E-state index in [1.54, 1.807) is 42.2 Å². The van der Waals surface area contributed by atoms with Crippen molar-refractivity contribution in [2.24, 2.45) is 0 Å². The number of anilines is 1. The molecule has 1 aliphatic rings. The number of hydrogen-bond donors (Lipinski definition) is 1. The lowest BCUT2D eigenvalue weighted by molar-refractivity contribution is 0.0724. The predicted octanol–water partition coefficient (Wildman–Crippen LogP) is 4.08. The summed E-state index contributed by atoms with van der Waals surface area (Å²) in [7, 11) is -3.80. The van der Waals surface area contributed by atoms with Crippen molar-refractivity contribution in [3.8, 4) is 0 Å². The van der Waals surface area contributed by atoms with Gasteiger partial charge < -0.3 is 4.90 Å². The summed E-state index contributed by atoms with van der Waals surface area (Å²) >= 11 is 5.92. The van der Waals surface area contributed by atoms with Gasteiger partial charge >= 0.3 is 0 Å². The minimum atomic E-state index is -3.80. The molecule has 2 aromatic rings. The van der Waals surface area contributed by atoms with Crippen molar-refractivity contribution in [3.05, 3.63) is 58.6 Å². The lowest BCUT2D eigenvalue weighted by atomic mass is 10.1. The molecule has 0 saturated carbocycles. The second kappa shape index (κ2) is 7.68. The van der Waals surface area contributed by atoms with Crippen LogP contribution in [0.15, 0.2) is 47.4 Å². The van der Waals surface area contributed by atoms with Gasteiger partial charge in [0.15, 0.2) is 0 Å². The molecule has 0 unspecified atom stereocenters. The van der Waals surface area contributed by atoms with Gasteiger partial charge in [0.2, 0.25) is 0 Å². The van der Waals surface area contributed by atoms with Crippen LogP contribution in [0.3, 0.4) is 0 Å². The Morgan fingerprint density at radius 3 is 2.50 bits per heavy atom. The Hall–Kier alpha value is -2.05. The molecule has 2 aromatic carbocycles. The molecule has 1 N–H and O–H groups in total. The first-order valence-electron chi connectivity index (χ1n) is 8.55. The highest BCUT2D eigenvalue weighted by Crippen LogP contribution is 2.23. The number of aryl methyl sites for hydroxylation is 1. The SMILES string of the molecule is Cc1cc(Cl)ccc1NS(=O)(=O)c1cccc(C(=O)N2CCCCC2)c1. The second-order valence-electron chi connectivity index (χ2n) is 6.45. The van der Waals surface area contributed by atoms with Crippen LogP contribution in [0.1, 0.15) is 35.2 Å². The van der Waals surface area contributed by atoms with Crippen LogP contribution in [0.4, 0.5) is 5.69 Å². The fourth-order valence-corrected chi connectivity index (χ4v) is 4.42. The zero-order chi connectivity index (χ0) is 18.7. The highest BCUT2D eigenvalue weighted by atomic mass is 35.5. The van der Waals surface area contributed by atoms with Gasteiger partial charge in [0.05, 0.1) is 10.6 Å². The second-order valence-corrected chi connectivity index (χ2v) is 8.56. The van der Waals surface area contributed by atoms with Gasteiger partial charge in [-0.2, -0.15) is 0 Å². The number of nitrogens with one attached hydrogen (secondary N) is 1. The molecule has 0 spiro atoms. The maximum atomic E-state index is 12.7. The Bertz CT molecular complexity index is 922. The lowest BCUT2D eigenvalue weighted by Gasteiger charge is -2.26. The summed E-state index contributed by atoms with van der Waals surface area (Å²) in [6.45, 7) is 3.22. The van der Waals surface area contributed by atoms with Crippen molar-refractivity contribution in [1.29, 1.82) is 0 Å². The summed E-state index contributed by atoms with van der Waals surface area (Å²) in [6.07, 6.45) is 3.10. The van der Waals surface area contributed by atoms with Crippen molar-refractivity contribution >= 4 is 33.2 Å². The van der Waals surface area contributed by atoms with Crippen molar-refractivity contribution in [2.75, 3.05) is 17.8 Å². The molecule has 0 bridgehead atoms. The number of piperidine rings is 1. The van der Waals surface area contributed by atoms with Crippen LogP contribution < -0.4 is 4.72 Å². The minimum Gasteiger partial charge on any atom is -0.339 e. The van der Waals surface area contributed by atoms with E-state index in [2.05, 4.69) is 4.72 Å². The molecule has 0 radical (unpaired) electrons. The van der Waals surface area contributed by atoms with Crippen LogP contribution in [-0.4, -0.2) is 32.3 Å². The van der Waals surface area contributed by atoms with Crippen molar-refractivity contribution < 1.29 is 13.2 Å². The van der Waals surface area contributed by atoms with Gasteiger partial charge in [-0.1, -0.05) is 17.7 Å². The van der Waals surface area contributed by atoms with E-state index in [1.165, 1.54) is 12.1 Å². The molecule has 1 aliphatic heterocycles. The van der Waals surface area contributed by atoms with E-state index in [0.717, 1.165) is 37.9 Å². The van der Waals surface area contributed by atoms with Crippen LogP contribution in [0.2, 0.25) is 5.02 Å². The van der Waals surface area contributed by atoms with Gasteiger partial charge in [-0.05, 0) is 68.1 Å². The average molecular weight is 393 g/mol. The molecule has 0 aromatic heterocycles. The predicted molar refractivity (Wildman–Crippen MR) is 103 cm³/mol. The van der Waals surface area contributed by atoms with Gasteiger partial charge in [-0.3, -0.25) is 9.52 Å². The number of nitrogens with zero attached hydrogens (tertiary/aromatic N) is 1. The Labute approximate surface area is 159 Å². The molecule has 5 nitrogen and oxygen atoms in total. The maximum absolute atomic E-state index is 12.7. The summed E-state index contributed by atoms with van der Waals surface area (Å²) in [6, 6.07) is 11.1. The highest BCUT2D eigenvalue weighted by molar-refractivity contribution is 7.92. The topological polar surface area (TPSA) is 66.5 Å². The number of carbonyl (C=O) groups is 1. The van der Waals surface area contributed by atoms with Gasteiger partial charge in [-0.15, -0.1) is 0 Å². The van der Waals surface area contributed by atoms with Gasteiger partial charge in [0, 0.05) is 23.7 Å². The van der Waals surface area contributed by atoms with Crippen molar-refractivity contribution in [1.82, 2.24) is 4.90 Å². The number of rotatable bonds is 4. The monoisotopic (exact) mass is 392 g/mol. The average Bonchev–Trinajstić information content (AvgIpc) is 2.64.